The summed E-state index contributed by atoms with van der Waals surface area (Å²) in [6, 6.07) is 4.53. The van der Waals surface area contributed by atoms with Crippen molar-refractivity contribution < 1.29 is 9.90 Å². The van der Waals surface area contributed by atoms with Gasteiger partial charge in [0.15, 0.2) is 0 Å². The van der Waals surface area contributed by atoms with Crippen molar-refractivity contribution in [3.8, 4) is 0 Å². The van der Waals surface area contributed by atoms with Crippen molar-refractivity contribution in [2.75, 3.05) is 0 Å². The van der Waals surface area contributed by atoms with Crippen LogP contribution in [0.5, 0.6) is 0 Å². The lowest BCUT2D eigenvalue weighted by molar-refractivity contribution is -0.137. The predicted molar refractivity (Wildman–Crippen MR) is 120 cm³/mol. The molecule has 0 bridgehead atoms. The average molecular weight is 389 g/mol. The Morgan fingerprint density at radius 3 is 2.44 bits per heavy atom. The molecule has 0 aromatic heterocycles. The van der Waals surface area contributed by atoms with E-state index in [-0.39, 0.29) is 12.3 Å². The molecule has 150 valence electrons. The Labute approximate surface area is 170 Å². The lowest BCUT2D eigenvalue weighted by Crippen LogP contribution is -2.11. The average Bonchev–Trinajstić information content (AvgIpc) is 2.59. The first-order chi connectivity index (χ1) is 12.7. The Morgan fingerprint density at radius 1 is 1.26 bits per heavy atom. The van der Waals surface area contributed by atoms with Crippen LogP contribution in [-0.4, -0.2) is 11.1 Å². The maximum Gasteiger partial charge on any atom is 0.303 e. The number of benzene rings is 1. The first-order valence-corrected chi connectivity index (χ1v) is 10.9. The zero-order chi connectivity index (χ0) is 20.6. The van der Waals surface area contributed by atoms with Crippen molar-refractivity contribution in [1.82, 2.24) is 0 Å². The van der Waals surface area contributed by atoms with Crippen LogP contribution in [0.25, 0.3) is 4.91 Å². The lowest BCUT2D eigenvalue weighted by atomic mass is 9.86. The van der Waals surface area contributed by atoms with Crippen LogP contribution in [0.4, 0.5) is 0 Å². The Bertz CT molecular complexity index is 699. The molecule has 0 aliphatic rings. The number of aliphatic carboxylic acids is 1. The molecule has 0 fully saturated rings. The maximum atomic E-state index is 11.5. The molecule has 0 amide bonds. The lowest BCUT2D eigenvalue weighted by Gasteiger charge is -2.24. The summed E-state index contributed by atoms with van der Waals surface area (Å²) in [5.41, 5.74) is 6.41. The quantitative estimate of drug-likeness (QED) is 0.446. The molecule has 3 heteroatoms. The van der Waals surface area contributed by atoms with Gasteiger partial charge in [0.1, 0.15) is 0 Å². The van der Waals surface area contributed by atoms with Crippen LogP contribution in [0, 0.1) is 19.8 Å². The fourth-order valence-electron chi connectivity index (χ4n) is 3.57. The predicted octanol–water partition coefficient (Wildman–Crippen LogP) is 7.71. The molecule has 0 aliphatic carbocycles. The van der Waals surface area contributed by atoms with Crippen LogP contribution in [0.1, 0.15) is 88.5 Å². The van der Waals surface area contributed by atoms with E-state index >= 15 is 0 Å². The standard InChI is InChI=1S/C24H36O2S/c1-8-10-11-20(15-22(25)26)19(7)24(27-12-9-2)23-18(6)13-17(5)14-21(23)16(3)4/h9,12-14,16,20H,8,10-11,15H2,1-7H3,(H,25,26)/b12-9+,24-19-/t20-/m1/s1. The highest BCUT2D eigenvalue weighted by Crippen LogP contribution is 2.42. The number of hydrogen-bond donors (Lipinski definition) is 1. The molecule has 1 rings (SSSR count). The van der Waals surface area contributed by atoms with Crippen LogP contribution in [0.2, 0.25) is 0 Å². The van der Waals surface area contributed by atoms with E-state index in [0.717, 1.165) is 19.3 Å². The summed E-state index contributed by atoms with van der Waals surface area (Å²) in [5, 5.41) is 11.6. The number of hydrogen-bond acceptors (Lipinski definition) is 2. The molecule has 0 unspecified atom stereocenters. The molecule has 2 nitrogen and oxygen atoms in total. The highest BCUT2D eigenvalue weighted by atomic mass is 32.2. The fraction of sp³-hybridized carbons (Fsp3) is 0.542. The van der Waals surface area contributed by atoms with E-state index in [9.17, 15) is 9.90 Å². The maximum absolute atomic E-state index is 11.5. The molecule has 27 heavy (non-hydrogen) atoms. The third-order valence-electron chi connectivity index (χ3n) is 4.98. The molecule has 0 heterocycles. The monoisotopic (exact) mass is 388 g/mol. The van der Waals surface area contributed by atoms with E-state index in [2.05, 4.69) is 65.2 Å². The first-order valence-electron chi connectivity index (χ1n) is 10.0. The number of allylic oxidation sites excluding steroid dienone is 2. The van der Waals surface area contributed by atoms with E-state index in [4.69, 9.17) is 0 Å². The van der Waals surface area contributed by atoms with Crippen LogP contribution >= 0.6 is 11.8 Å². The third-order valence-corrected chi connectivity index (χ3v) is 6.15. The Hall–Kier alpha value is -1.48. The van der Waals surface area contributed by atoms with Gasteiger partial charge in [0.05, 0.1) is 6.42 Å². The van der Waals surface area contributed by atoms with E-state index < -0.39 is 5.97 Å². The van der Waals surface area contributed by atoms with Gasteiger partial charge < -0.3 is 5.11 Å². The van der Waals surface area contributed by atoms with E-state index in [1.54, 1.807) is 11.8 Å². The van der Waals surface area contributed by atoms with Crippen molar-refractivity contribution >= 4 is 22.6 Å². The number of carbonyl (C=O) groups is 1. The number of rotatable bonds is 10. The Balaban J connectivity index is 3.64. The number of thioether (sulfide) groups is 1. The highest BCUT2D eigenvalue weighted by Gasteiger charge is 2.22. The summed E-state index contributed by atoms with van der Waals surface area (Å²) in [6.45, 7) is 15.1. The molecule has 1 N–H and O–H groups in total. The highest BCUT2D eigenvalue weighted by molar-refractivity contribution is 8.11. The van der Waals surface area contributed by atoms with Gasteiger partial charge in [-0.15, -0.1) is 0 Å². The summed E-state index contributed by atoms with van der Waals surface area (Å²) in [7, 11) is 0. The van der Waals surface area contributed by atoms with Crippen LogP contribution in [0.15, 0.2) is 29.2 Å². The summed E-state index contributed by atoms with van der Waals surface area (Å²) >= 11 is 1.73. The normalized spacial score (nSPS) is 13.9. The van der Waals surface area contributed by atoms with Gasteiger partial charge >= 0.3 is 5.97 Å². The second-order valence-corrected chi connectivity index (χ2v) is 8.65. The molecule has 0 radical (unpaired) electrons. The minimum Gasteiger partial charge on any atom is -0.481 e. The van der Waals surface area contributed by atoms with Gasteiger partial charge in [-0.2, -0.15) is 0 Å². The zero-order valence-corrected chi connectivity index (χ0v) is 18.9. The minimum absolute atomic E-state index is 0.0796. The summed E-state index contributed by atoms with van der Waals surface area (Å²) in [4.78, 5) is 12.7. The van der Waals surface area contributed by atoms with Crippen molar-refractivity contribution in [2.45, 2.75) is 80.1 Å². The molecular weight excluding hydrogens is 352 g/mol. The molecule has 1 atom stereocenters. The second kappa shape index (κ2) is 11.4. The third kappa shape index (κ3) is 6.88. The first kappa shape index (κ1) is 23.6. The van der Waals surface area contributed by atoms with Gasteiger partial charge in [-0.3, -0.25) is 4.79 Å². The van der Waals surface area contributed by atoms with Gasteiger partial charge in [-0.05, 0) is 68.0 Å². The topological polar surface area (TPSA) is 37.3 Å². The summed E-state index contributed by atoms with van der Waals surface area (Å²) < 4.78 is 0. The minimum atomic E-state index is -0.712. The largest absolute Gasteiger partial charge is 0.481 e. The number of aryl methyl sites for hydroxylation is 2. The van der Waals surface area contributed by atoms with Gasteiger partial charge in [0.25, 0.3) is 0 Å². The van der Waals surface area contributed by atoms with Gasteiger partial charge in [0.2, 0.25) is 0 Å². The molecular formula is C24H36O2S. The summed E-state index contributed by atoms with van der Waals surface area (Å²) in [6.07, 6.45) is 5.32. The fourth-order valence-corrected chi connectivity index (χ4v) is 4.59. The molecule has 0 aliphatic heterocycles. The second-order valence-electron chi connectivity index (χ2n) is 7.74. The van der Waals surface area contributed by atoms with Crippen molar-refractivity contribution in [2.24, 2.45) is 5.92 Å². The molecule has 0 saturated heterocycles. The van der Waals surface area contributed by atoms with Crippen molar-refractivity contribution in [1.29, 1.82) is 0 Å². The number of carboxylic acid groups (broad SMARTS) is 1. The molecule has 0 saturated carbocycles. The van der Waals surface area contributed by atoms with E-state index in [1.807, 2.05) is 6.92 Å². The number of carboxylic acids is 1. The van der Waals surface area contributed by atoms with E-state index in [0.29, 0.717) is 5.92 Å². The summed E-state index contributed by atoms with van der Waals surface area (Å²) in [5.74, 6) is -0.215. The van der Waals surface area contributed by atoms with Gasteiger partial charge in [0, 0.05) is 4.91 Å². The van der Waals surface area contributed by atoms with Crippen LogP contribution < -0.4 is 0 Å². The molecule has 0 spiro atoms. The molecule has 1 aromatic rings. The SMILES string of the molecule is C/C=C/S/C(=C(/C)[C@H](CCCC)CC(=O)O)c1c(C)cc(C)cc1C(C)C. The Kier molecular flexibility index (Phi) is 9.93. The van der Waals surface area contributed by atoms with Gasteiger partial charge in [-0.25, -0.2) is 0 Å². The molecule has 1 aromatic carbocycles. The van der Waals surface area contributed by atoms with Crippen LogP contribution in [-0.2, 0) is 4.79 Å². The Morgan fingerprint density at radius 2 is 1.93 bits per heavy atom. The number of unbranched alkanes of at least 4 members (excludes halogenated alkanes) is 1. The van der Waals surface area contributed by atoms with Crippen molar-refractivity contribution in [3.63, 3.8) is 0 Å². The smallest absolute Gasteiger partial charge is 0.303 e. The van der Waals surface area contributed by atoms with Crippen molar-refractivity contribution in [3.05, 3.63) is 51.4 Å². The van der Waals surface area contributed by atoms with Crippen LogP contribution in [0.3, 0.4) is 0 Å². The van der Waals surface area contributed by atoms with E-state index in [1.165, 1.54) is 32.7 Å². The van der Waals surface area contributed by atoms with Gasteiger partial charge in [-0.1, -0.05) is 74.7 Å². The zero-order valence-electron chi connectivity index (χ0n) is 18.1.